The molecule has 1 atom stereocenters. The first-order chi connectivity index (χ1) is 62.5. The number of hydrogen-bond acceptors (Lipinski definition) is 4. The minimum Gasteiger partial charge on any atom is -0.455 e. The van der Waals surface area contributed by atoms with Gasteiger partial charge in [0.1, 0.15) is 22.3 Å². The molecule has 4 heteroatoms. The van der Waals surface area contributed by atoms with Crippen molar-refractivity contribution < 1.29 is 8.83 Å². The average Bonchev–Trinajstić information content (AvgIpc) is 1.54. The molecule has 0 N–H and O–H groups in total. The minimum absolute atomic E-state index is 0.577. The third kappa shape index (κ3) is 12.0. The van der Waals surface area contributed by atoms with Gasteiger partial charge >= 0.3 is 0 Å². The lowest BCUT2D eigenvalue weighted by molar-refractivity contribution is 0.669. The van der Waals surface area contributed by atoms with E-state index >= 15 is 0 Å². The van der Waals surface area contributed by atoms with Gasteiger partial charge in [0.25, 0.3) is 0 Å². The number of furan rings is 2. The van der Waals surface area contributed by atoms with Gasteiger partial charge in [-0.2, -0.15) is 0 Å². The lowest BCUT2D eigenvalue weighted by atomic mass is 9.67. The molecule has 0 saturated heterocycles. The van der Waals surface area contributed by atoms with E-state index in [1.165, 1.54) is 83.5 Å². The zero-order valence-electron chi connectivity index (χ0n) is 68.9. The van der Waals surface area contributed by atoms with Gasteiger partial charge in [0.15, 0.2) is 0 Å². The van der Waals surface area contributed by atoms with Crippen molar-refractivity contribution in [2.45, 2.75) is 10.8 Å². The molecule has 0 aliphatic heterocycles. The molecule has 126 heavy (non-hydrogen) atoms. The zero-order valence-corrected chi connectivity index (χ0v) is 68.9. The summed E-state index contributed by atoms with van der Waals surface area (Å²) in [4.78, 5) is 4.85. The van der Waals surface area contributed by atoms with Gasteiger partial charge in [-0.25, -0.2) is 0 Å². The predicted molar refractivity (Wildman–Crippen MR) is 523 cm³/mol. The number of hydrogen-bond donors (Lipinski definition) is 0. The number of rotatable bonds is 17. The van der Waals surface area contributed by atoms with Gasteiger partial charge in [-0.1, -0.05) is 388 Å². The van der Waals surface area contributed by atoms with Crippen LogP contribution in [0.25, 0.3) is 144 Å². The van der Waals surface area contributed by atoms with Crippen LogP contribution < -0.4 is 9.80 Å². The highest BCUT2D eigenvalue weighted by Gasteiger charge is 2.48. The van der Waals surface area contributed by atoms with Crippen molar-refractivity contribution in [2.24, 2.45) is 0 Å². The van der Waals surface area contributed by atoms with Crippen molar-refractivity contribution in [3.63, 3.8) is 0 Å². The summed E-state index contributed by atoms with van der Waals surface area (Å²) in [5.74, 6) is 0. The van der Waals surface area contributed by atoms with Gasteiger partial charge in [-0.15, -0.1) is 0 Å². The van der Waals surface area contributed by atoms with E-state index in [9.17, 15) is 0 Å². The van der Waals surface area contributed by atoms with Crippen LogP contribution in [0.3, 0.4) is 0 Å². The van der Waals surface area contributed by atoms with Crippen LogP contribution in [0, 0.1) is 0 Å². The molecular formula is C122H80N2O2. The maximum absolute atomic E-state index is 6.63. The van der Waals surface area contributed by atoms with Crippen LogP contribution in [0.2, 0.25) is 0 Å². The average molecular weight is 1610 g/mol. The first-order valence-electron chi connectivity index (χ1n) is 43.4. The Morgan fingerprint density at radius 1 is 0.151 bits per heavy atom. The number of benzene rings is 20. The molecule has 0 amide bonds. The SMILES string of the molecule is c1ccc(-c2ccccc2-c2ccc(N(c3ccc(-c4cccc5c4oc4ccccc45)cc3)c3ccc4c(c3)C(c3ccccc3)(c3cccc(-c5ccc(-c6cccc(-c7ccc(N(c8ccc(-c9cccc%10c9oc9ccccc9%10)cc8)c8ccc9c(c8)C(c8ccccc8)(c8ccccc8)c8ccccc8-9)cc7)c6)cc5)c3)c3ccccc3-4)cc2)cc1. The van der Waals surface area contributed by atoms with Crippen LogP contribution in [-0.4, -0.2) is 0 Å². The number of nitrogens with zero attached hydrogens (tertiary/aromatic N) is 2. The van der Waals surface area contributed by atoms with Crippen LogP contribution in [0.15, 0.2) is 494 Å². The van der Waals surface area contributed by atoms with E-state index in [4.69, 9.17) is 8.83 Å². The molecule has 24 rings (SSSR count). The molecule has 2 aliphatic carbocycles. The molecule has 20 aromatic carbocycles. The Hall–Kier alpha value is -16.4. The molecular weight excluding hydrogens is 1530 g/mol. The fraction of sp³-hybridized carbons (Fsp3) is 0.0164. The molecule has 2 aromatic heterocycles. The Morgan fingerprint density at radius 3 is 0.849 bits per heavy atom. The molecule has 0 radical (unpaired) electrons. The molecule has 0 fully saturated rings. The topological polar surface area (TPSA) is 32.8 Å². The van der Waals surface area contributed by atoms with E-state index in [-0.39, 0.29) is 0 Å². The van der Waals surface area contributed by atoms with Gasteiger partial charge in [-0.05, 0) is 231 Å². The summed E-state index contributed by atoms with van der Waals surface area (Å²) in [6.45, 7) is 0. The van der Waals surface area contributed by atoms with E-state index < -0.39 is 10.8 Å². The molecule has 2 aliphatic rings. The van der Waals surface area contributed by atoms with E-state index in [1.807, 2.05) is 12.1 Å². The van der Waals surface area contributed by atoms with E-state index in [0.29, 0.717) is 0 Å². The second-order valence-electron chi connectivity index (χ2n) is 33.2. The lowest BCUT2D eigenvalue weighted by Crippen LogP contribution is -2.29. The first-order valence-corrected chi connectivity index (χ1v) is 43.4. The number of para-hydroxylation sites is 4. The fourth-order valence-electron chi connectivity index (χ4n) is 20.7. The van der Waals surface area contributed by atoms with Gasteiger partial charge in [-0.3, -0.25) is 0 Å². The maximum Gasteiger partial charge on any atom is 0.143 e. The van der Waals surface area contributed by atoms with Gasteiger partial charge in [0, 0.05) is 66.8 Å². The highest BCUT2D eigenvalue weighted by molar-refractivity contribution is 6.11. The van der Waals surface area contributed by atoms with Gasteiger partial charge in [0.05, 0.1) is 10.8 Å². The predicted octanol–water partition coefficient (Wildman–Crippen LogP) is 32.8. The van der Waals surface area contributed by atoms with Crippen molar-refractivity contribution in [3.05, 3.63) is 530 Å². The standard InChI is InChI=1S/C122H80N2O2/c1-5-27-84(28-6-1)101-39-13-14-40-102(101)85-59-67-96(68-60-85)124(98-71-63-87(64-72-98)104-46-26-48-112-110-44-18-22-52-118(110)126-120(104)112)100-74-76-108-106-42-16-20-50-114(106)122(116(108)80-100,93-36-11-4-12-37-93)94-38-24-31-90(78-94)82-55-53-81(54-56-82)88-29-23-30-89(77-88)83-57-65-95(66-58-83)123(97-69-61-86(62-70-97)103-45-25-47-111-109-43-17-21-51-117(109)125-119(103)111)99-73-75-107-105-41-15-19-49-113(105)121(115(107)79-99,91-32-7-2-8-33-91)92-34-9-3-10-35-92/h1-80H. The number of fused-ring (bicyclic) bond motifs is 12. The molecule has 1 unspecified atom stereocenters. The minimum atomic E-state index is -0.714. The summed E-state index contributed by atoms with van der Waals surface area (Å²) in [6.07, 6.45) is 0. The van der Waals surface area contributed by atoms with Crippen molar-refractivity contribution in [2.75, 3.05) is 9.80 Å². The van der Waals surface area contributed by atoms with Crippen LogP contribution >= 0.6 is 0 Å². The fourth-order valence-corrected chi connectivity index (χ4v) is 20.7. The van der Waals surface area contributed by atoms with Gasteiger partial charge in [0.2, 0.25) is 0 Å². The van der Waals surface area contributed by atoms with Gasteiger partial charge < -0.3 is 18.6 Å². The Balaban J connectivity index is 0.576. The molecule has 0 bridgehead atoms. The smallest absolute Gasteiger partial charge is 0.143 e. The molecule has 0 spiro atoms. The quantitative estimate of drug-likeness (QED) is 0.0910. The Kier molecular flexibility index (Phi) is 17.7. The van der Waals surface area contributed by atoms with Crippen molar-refractivity contribution >= 4 is 78.0 Å². The second-order valence-corrected chi connectivity index (χ2v) is 33.2. The maximum atomic E-state index is 6.63. The summed E-state index contributed by atoms with van der Waals surface area (Å²) in [7, 11) is 0. The zero-order chi connectivity index (χ0) is 83.2. The highest BCUT2D eigenvalue weighted by Crippen LogP contribution is 2.60. The molecule has 590 valence electrons. The third-order valence-corrected chi connectivity index (χ3v) is 26.5. The lowest BCUT2D eigenvalue weighted by Gasteiger charge is -2.35. The van der Waals surface area contributed by atoms with Crippen LogP contribution in [0.5, 0.6) is 0 Å². The summed E-state index contributed by atoms with van der Waals surface area (Å²) in [6, 6.07) is 179. The third-order valence-electron chi connectivity index (χ3n) is 26.5. The molecule has 0 saturated carbocycles. The Bertz CT molecular complexity index is 7870. The van der Waals surface area contributed by atoms with E-state index in [1.54, 1.807) is 0 Å². The summed E-state index contributed by atoms with van der Waals surface area (Å²) < 4.78 is 13.2. The van der Waals surface area contributed by atoms with Crippen LogP contribution in [0.1, 0.15) is 44.5 Å². The first kappa shape index (κ1) is 73.5. The molecule has 4 nitrogen and oxygen atoms in total. The van der Waals surface area contributed by atoms with Crippen molar-refractivity contribution in [1.82, 2.24) is 0 Å². The Morgan fingerprint density at radius 2 is 0.421 bits per heavy atom. The second kappa shape index (κ2) is 30.3. The summed E-state index contributed by atoms with van der Waals surface area (Å²) in [5, 5.41) is 4.45. The largest absolute Gasteiger partial charge is 0.455 e. The molecule has 22 aromatic rings. The summed E-state index contributed by atoms with van der Waals surface area (Å²) in [5.41, 5.74) is 39.1. The normalized spacial score (nSPS) is 13.5. The van der Waals surface area contributed by atoms with Crippen molar-refractivity contribution in [3.8, 4) is 100 Å². The van der Waals surface area contributed by atoms with Crippen LogP contribution in [0.4, 0.5) is 34.1 Å². The Labute approximate surface area is 732 Å². The van der Waals surface area contributed by atoms with E-state index in [0.717, 1.165) is 139 Å². The highest BCUT2D eigenvalue weighted by atomic mass is 16.3. The summed E-state index contributed by atoms with van der Waals surface area (Å²) >= 11 is 0. The number of anilines is 6. The van der Waals surface area contributed by atoms with Crippen LogP contribution in [-0.2, 0) is 10.8 Å². The van der Waals surface area contributed by atoms with Crippen molar-refractivity contribution in [1.29, 1.82) is 0 Å². The molecule has 2 heterocycles. The van der Waals surface area contributed by atoms with E-state index in [2.05, 4.69) is 483 Å². The monoisotopic (exact) mass is 1600 g/mol.